The molecule has 0 amide bonds. The molecule has 0 spiro atoms. The van der Waals surface area contributed by atoms with Crippen molar-refractivity contribution in [2.24, 2.45) is 0 Å². The van der Waals surface area contributed by atoms with Crippen molar-refractivity contribution in [3.63, 3.8) is 0 Å². The molecule has 0 atom stereocenters. The van der Waals surface area contributed by atoms with Crippen molar-refractivity contribution in [3.05, 3.63) is 38.8 Å². The van der Waals surface area contributed by atoms with Gasteiger partial charge in [-0.25, -0.2) is 0 Å². The second-order valence-corrected chi connectivity index (χ2v) is 4.08. The minimum atomic E-state index is -0.595. The number of aromatic nitrogens is 4. The molecule has 19 heavy (non-hydrogen) atoms. The Bertz CT molecular complexity index is 610. The van der Waals surface area contributed by atoms with Crippen LogP contribution in [0, 0.1) is 17.0 Å². The van der Waals surface area contributed by atoms with Crippen LogP contribution in [0.3, 0.4) is 0 Å². The molecule has 0 bridgehead atoms. The van der Waals surface area contributed by atoms with E-state index in [9.17, 15) is 10.1 Å². The van der Waals surface area contributed by atoms with Crippen LogP contribution in [0.4, 0.5) is 5.69 Å². The van der Waals surface area contributed by atoms with Gasteiger partial charge in [0.15, 0.2) is 11.5 Å². The van der Waals surface area contributed by atoms with Gasteiger partial charge in [0.25, 0.3) is 0 Å². The Morgan fingerprint density at radius 2 is 2.21 bits per heavy atom. The number of methoxy groups -OCH3 is 1. The van der Waals surface area contributed by atoms with Crippen LogP contribution in [0.2, 0.25) is 5.15 Å². The number of nitrogens with zero attached hydrogens (tertiary/aromatic N) is 5. The smallest absolute Gasteiger partial charge is 0.331 e. The molecule has 2 aromatic heterocycles. The van der Waals surface area contributed by atoms with Gasteiger partial charge in [-0.1, -0.05) is 11.6 Å². The molecular formula is C10H10ClN5O3. The van der Waals surface area contributed by atoms with Gasteiger partial charge in [0.1, 0.15) is 0 Å². The predicted molar refractivity (Wildman–Crippen MR) is 66.3 cm³/mol. The molecule has 0 aliphatic heterocycles. The SMILES string of the molecule is COCc1nn(-c2ccc(C)nn2)c(Cl)c1[N+](=O)[O-]. The second kappa shape index (κ2) is 5.29. The van der Waals surface area contributed by atoms with E-state index in [1.807, 2.05) is 0 Å². The van der Waals surface area contributed by atoms with Crippen LogP contribution >= 0.6 is 11.6 Å². The quantitative estimate of drug-likeness (QED) is 0.625. The largest absolute Gasteiger partial charge is 0.378 e. The summed E-state index contributed by atoms with van der Waals surface area (Å²) in [7, 11) is 1.42. The Kier molecular flexibility index (Phi) is 3.72. The van der Waals surface area contributed by atoms with Gasteiger partial charge in [-0.15, -0.1) is 5.10 Å². The van der Waals surface area contributed by atoms with Gasteiger partial charge >= 0.3 is 5.69 Å². The first-order chi connectivity index (χ1) is 9.04. The zero-order valence-corrected chi connectivity index (χ0v) is 11.0. The summed E-state index contributed by atoms with van der Waals surface area (Å²) < 4.78 is 6.03. The zero-order valence-electron chi connectivity index (χ0n) is 10.2. The standard InChI is InChI=1S/C10H10ClN5O3/c1-6-3-4-8(13-12-6)15-10(11)9(16(17)18)7(14-15)5-19-2/h3-4H,5H2,1-2H3. The van der Waals surface area contributed by atoms with Crippen LogP contribution in [0.1, 0.15) is 11.4 Å². The van der Waals surface area contributed by atoms with Crippen molar-refractivity contribution < 1.29 is 9.66 Å². The highest BCUT2D eigenvalue weighted by Gasteiger charge is 2.27. The predicted octanol–water partition coefficient (Wildman–Crippen LogP) is 1.68. The first-order valence-electron chi connectivity index (χ1n) is 5.26. The van der Waals surface area contributed by atoms with Crippen molar-refractivity contribution in [3.8, 4) is 5.82 Å². The maximum absolute atomic E-state index is 11.0. The van der Waals surface area contributed by atoms with E-state index in [0.717, 1.165) is 5.69 Å². The molecule has 0 radical (unpaired) electrons. The van der Waals surface area contributed by atoms with Gasteiger partial charge in [0, 0.05) is 7.11 Å². The summed E-state index contributed by atoms with van der Waals surface area (Å²) in [6, 6.07) is 3.34. The van der Waals surface area contributed by atoms with Gasteiger partial charge in [-0.2, -0.15) is 14.9 Å². The summed E-state index contributed by atoms with van der Waals surface area (Å²) in [5.74, 6) is 0.307. The van der Waals surface area contributed by atoms with Crippen molar-refractivity contribution in [1.29, 1.82) is 0 Å². The fourth-order valence-corrected chi connectivity index (χ4v) is 1.81. The normalized spacial score (nSPS) is 10.7. The van der Waals surface area contributed by atoms with E-state index >= 15 is 0 Å². The number of hydrogen-bond donors (Lipinski definition) is 0. The zero-order chi connectivity index (χ0) is 14.0. The van der Waals surface area contributed by atoms with E-state index < -0.39 is 4.92 Å². The van der Waals surface area contributed by atoms with Gasteiger partial charge in [-0.3, -0.25) is 10.1 Å². The molecule has 2 heterocycles. The molecular weight excluding hydrogens is 274 g/mol. The van der Waals surface area contributed by atoms with Crippen molar-refractivity contribution in [1.82, 2.24) is 20.0 Å². The molecule has 0 unspecified atom stereocenters. The maximum Gasteiger partial charge on any atom is 0.331 e. The van der Waals surface area contributed by atoms with Crippen LogP contribution in [-0.2, 0) is 11.3 Å². The highest BCUT2D eigenvalue weighted by molar-refractivity contribution is 6.32. The molecule has 0 aliphatic carbocycles. The fraction of sp³-hybridized carbons (Fsp3) is 0.300. The van der Waals surface area contributed by atoms with Gasteiger partial charge < -0.3 is 4.74 Å². The lowest BCUT2D eigenvalue weighted by atomic mass is 10.4. The summed E-state index contributed by atoms with van der Waals surface area (Å²) >= 11 is 5.97. The highest BCUT2D eigenvalue weighted by Crippen LogP contribution is 2.30. The molecule has 0 saturated carbocycles. The Labute approximate surface area is 113 Å². The lowest BCUT2D eigenvalue weighted by molar-refractivity contribution is -0.385. The Hall–Kier alpha value is -2.06. The first-order valence-corrected chi connectivity index (χ1v) is 5.63. The van der Waals surface area contributed by atoms with Crippen LogP contribution in [0.15, 0.2) is 12.1 Å². The Morgan fingerprint density at radius 1 is 1.47 bits per heavy atom. The average molecular weight is 284 g/mol. The molecule has 9 heteroatoms. The molecule has 100 valence electrons. The van der Waals surface area contributed by atoms with Gasteiger partial charge in [0.2, 0.25) is 5.15 Å². The lowest BCUT2D eigenvalue weighted by Gasteiger charge is -1.99. The second-order valence-electron chi connectivity index (χ2n) is 3.72. The summed E-state index contributed by atoms with van der Waals surface area (Å²) in [6.45, 7) is 1.77. The van der Waals surface area contributed by atoms with E-state index in [4.69, 9.17) is 16.3 Å². The third kappa shape index (κ3) is 2.54. The molecule has 0 N–H and O–H groups in total. The minimum absolute atomic E-state index is 0.0116. The van der Waals surface area contributed by atoms with Crippen LogP contribution in [0.25, 0.3) is 5.82 Å². The topological polar surface area (TPSA) is 96.0 Å². The third-order valence-electron chi connectivity index (χ3n) is 2.34. The maximum atomic E-state index is 11.0. The van der Waals surface area contributed by atoms with Crippen molar-refractivity contribution in [2.75, 3.05) is 7.11 Å². The van der Waals surface area contributed by atoms with E-state index in [2.05, 4.69) is 15.3 Å². The fourth-order valence-electron chi connectivity index (χ4n) is 1.50. The number of aryl methyl sites for hydroxylation is 1. The van der Waals surface area contributed by atoms with Crippen molar-refractivity contribution >= 4 is 17.3 Å². The van der Waals surface area contributed by atoms with E-state index in [-0.39, 0.29) is 23.1 Å². The van der Waals surface area contributed by atoms with E-state index in [0.29, 0.717) is 5.82 Å². The molecule has 0 saturated heterocycles. The molecule has 0 aliphatic rings. The summed E-state index contributed by atoms with van der Waals surface area (Å²) in [5, 5.41) is 22.6. The number of halogens is 1. The van der Waals surface area contributed by atoms with Crippen molar-refractivity contribution in [2.45, 2.75) is 13.5 Å². The number of ether oxygens (including phenoxy) is 1. The van der Waals surface area contributed by atoms with Crippen LogP contribution < -0.4 is 0 Å². The monoisotopic (exact) mass is 283 g/mol. The van der Waals surface area contributed by atoms with Gasteiger partial charge in [-0.05, 0) is 19.1 Å². The first kappa shape index (κ1) is 13.4. The molecule has 0 fully saturated rings. The van der Waals surface area contributed by atoms with E-state index in [1.165, 1.54) is 11.8 Å². The number of rotatable bonds is 4. The Morgan fingerprint density at radius 3 is 2.74 bits per heavy atom. The lowest BCUT2D eigenvalue weighted by Crippen LogP contribution is -2.02. The average Bonchev–Trinajstić information content (AvgIpc) is 2.68. The summed E-state index contributed by atoms with van der Waals surface area (Å²) in [5.41, 5.74) is 0.574. The van der Waals surface area contributed by atoms with Crippen LogP contribution in [-0.4, -0.2) is 32.0 Å². The summed E-state index contributed by atoms with van der Waals surface area (Å²) in [4.78, 5) is 10.4. The van der Waals surface area contributed by atoms with E-state index in [1.54, 1.807) is 19.1 Å². The van der Waals surface area contributed by atoms with Gasteiger partial charge in [0.05, 0.1) is 17.2 Å². The highest BCUT2D eigenvalue weighted by atomic mass is 35.5. The Balaban J connectivity index is 2.55. The number of nitro groups is 1. The molecule has 8 nitrogen and oxygen atoms in total. The number of hydrogen-bond acceptors (Lipinski definition) is 6. The molecule has 2 rings (SSSR count). The van der Waals surface area contributed by atoms with Crippen LogP contribution in [0.5, 0.6) is 0 Å². The molecule has 0 aromatic carbocycles. The molecule has 2 aromatic rings. The summed E-state index contributed by atoms with van der Waals surface area (Å²) in [6.07, 6.45) is 0. The minimum Gasteiger partial charge on any atom is -0.378 e. The third-order valence-corrected chi connectivity index (χ3v) is 2.68.